The van der Waals surface area contributed by atoms with Gasteiger partial charge in [0.25, 0.3) is 0 Å². The highest BCUT2D eigenvalue weighted by Crippen LogP contribution is 2.52. The molecule has 0 amide bonds. The Morgan fingerprint density at radius 2 is 1.54 bits per heavy atom. The van der Waals surface area contributed by atoms with E-state index in [1.54, 1.807) is 0 Å². The van der Waals surface area contributed by atoms with Crippen molar-refractivity contribution in [1.82, 2.24) is 5.43 Å². The number of nitrogens with one attached hydrogen (secondary N) is 1. The van der Waals surface area contributed by atoms with E-state index in [2.05, 4.69) is 10.5 Å². The van der Waals surface area contributed by atoms with Gasteiger partial charge in [-0.2, -0.15) is 5.10 Å². The molecular weight excluding hydrogens is 160 g/mol. The molecule has 4 aliphatic carbocycles. The van der Waals surface area contributed by atoms with Crippen LogP contribution >= 0.6 is 0 Å². The third-order valence-electron chi connectivity index (χ3n) is 4.22. The zero-order valence-electron chi connectivity index (χ0n) is 8.29. The van der Waals surface area contributed by atoms with Crippen molar-refractivity contribution in [1.29, 1.82) is 0 Å². The molecule has 0 spiro atoms. The van der Waals surface area contributed by atoms with Crippen LogP contribution in [-0.2, 0) is 0 Å². The highest BCUT2D eigenvalue weighted by molar-refractivity contribution is 5.90. The van der Waals surface area contributed by atoms with Crippen LogP contribution < -0.4 is 5.43 Å². The van der Waals surface area contributed by atoms with Gasteiger partial charge in [-0.1, -0.05) is 0 Å². The second-order valence-electron chi connectivity index (χ2n) is 5.06. The summed E-state index contributed by atoms with van der Waals surface area (Å²) in [5, 5.41) is 4.49. The summed E-state index contributed by atoms with van der Waals surface area (Å²) in [5.74, 6) is 3.81. The molecule has 0 aromatic carbocycles. The van der Waals surface area contributed by atoms with Crippen molar-refractivity contribution in [2.75, 3.05) is 7.05 Å². The minimum atomic E-state index is 0.851. The fourth-order valence-electron chi connectivity index (χ4n) is 3.98. The molecule has 0 aliphatic heterocycles. The van der Waals surface area contributed by atoms with E-state index in [4.69, 9.17) is 0 Å². The first kappa shape index (κ1) is 7.84. The summed E-state index contributed by atoms with van der Waals surface area (Å²) in [6, 6.07) is 0. The molecule has 0 heterocycles. The predicted molar refractivity (Wildman–Crippen MR) is 53.5 cm³/mol. The monoisotopic (exact) mass is 178 g/mol. The second kappa shape index (κ2) is 2.73. The molecule has 4 aliphatic rings. The van der Waals surface area contributed by atoms with Crippen LogP contribution in [0, 0.1) is 23.7 Å². The lowest BCUT2D eigenvalue weighted by Crippen LogP contribution is -2.46. The molecule has 72 valence electrons. The van der Waals surface area contributed by atoms with E-state index in [9.17, 15) is 0 Å². The molecule has 0 aromatic rings. The van der Waals surface area contributed by atoms with Gasteiger partial charge in [-0.25, -0.2) is 0 Å². The van der Waals surface area contributed by atoms with Gasteiger partial charge in [-0.15, -0.1) is 0 Å². The molecule has 4 saturated carbocycles. The standard InChI is InChI=1S/C11H18N2/c1-12-13-11-9-3-7-2-8(5-9)6-10(11)4-7/h7-10,12H,2-6H2,1H3. The minimum Gasteiger partial charge on any atom is -0.313 e. The Hall–Kier alpha value is -0.530. The molecule has 2 nitrogen and oxygen atoms in total. The van der Waals surface area contributed by atoms with Gasteiger partial charge in [-0.3, -0.25) is 0 Å². The summed E-state index contributed by atoms with van der Waals surface area (Å²) in [5.41, 5.74) is 4.49. The van der Waals surface area contributed by atoms with E-state index < -0.39 is 0 Å². The van der Waals surface area contributed by atoms with E-state index in [1.807, 2.05) is 7.05 Å². The average Bonchev–Trinajstić information content (AvgIpc) is 2.10. The number of hydrogen-bond acceptors (Lipinski definition) is 2. The third kappa shape index (κ3) is 1.11. The van der Waals surface area contributed by atoms with Gasteiger partial charge in [0.05, 0.1) is 0 Å². The maximum atomic E-state index is 4.49. The van der Waals surface area contributed by atoms with E-state index in [0.717, 1.165) is 23.7 Å². The number of hydrazone groups is 1. The molecular formula is C11H18N2. The number of nitrogens with zero attached hydrogens (tertiary/aromatic N) is 1. The first-order chi connectivity index (χ1) is 6.36. The van der Waals surface area contributed by atoms with Crippen LogP contribution in [0.5, 0.6) is 0 Å². The molecule has 1 N–H and O–H groups in total. The minimum absolute atomic E-state index is 0.851. The van der Waals surface area contributed by atoms with E-state index in [0.29, 0.717) is 0 Å². The van der Waals surface area contributed by atoms with Gasteiger partial charge >= 0.3 is 0 Å². The molecule has 4 fully saturated rings. The Bertz CT molecular complexity index is 214. The van der Waals surface area contributed by atoms with Crippen molar-refractivity contribution < 1.29 is 0 Å². The van der Waals surface area contributed by atoms with Crippen molar-refractivity contribution in [2.24, 2.45) is 28.8 Å². The van der Waals surface area contributed by atoms with Crippen molar-refractivity contribution in [3.8, 4) is 0 Å². The molecule has 4 rings (SSSR count). The summed E-state index contributed by atoms with van der Waals surface area (Å²) >= 11 is 0. The summed E-state index contributed by atoms with van der Waals surface area (Å²) in [6.45, 7) is 0. The van der Waals surface area contributed by atoms with Gasteiger partial charge in [0.2, 0.25) is 0 Å². The van der Waals surface area contributed by atoms with Crippen LogP contribution in [0.15, 0.2) is 5.10 Å². The van der Waals surface area contributed by atoms with Crippen molar-refractivity contribution in [3.05, 3.63) is 0 Å². The molecule has 0 unspecified atom stereocenters. The average molecular weight is 178 g/mol. The van der Waals surface area contributed by atoms with Crippen molar-refractivity contribution >= 4 is 5.71 Å². The molecule has 0 atom stereocenters. The summed E-state index contributed by atoms with van der Waals surface area (Å²) < 4.78 is 0. The fraction of sp³-hybridized carbons (Fsp3) is 0.909. The van der Waals surface area contributed by atoms with Crippen molar-refractivity contribution in [2.45, 2.75) is 32.1 Å². The van der Waals surface area contributed by atoms with Gasteiger partial charge in [0.1, 0.15) is 0 Å². The Morgan fingerprint density at radius 3 is 2.00 bits per heavy atom. The molecule has 0 saturated heterocycles. The lowest BCUT2D eigenvalue weighted by molar-refractivity contribution is 0.108. The van der Waals surface area contributed by atoms with E-state index in [-0.39, 0.29) is 0 Å². The zero-order valence-corrected chi connectivity index (χ0v) is 8.29. The summed E-state index contributed by atoms with van der Waals surface area (Å²) in [7, 11) is 1.93. The molecule has 0 radical (unpaired) electrons. The SMILES string of the molecule is CNN=C1C2CC3CC(C2)CC1C3. The second-order valence-corrected chi connectivity index (χ2v) is 5.06. The summed E-state index contributed by atoms with van der Waals surface area (Å²) in [4.78, 5) is 0. The molecule has 4 bridgehead atoms. The van der Waals surface area contributed by atoms with Crippen molar-refractivity contribution in [3.63, 3.8) is 0 Å². The first-order valence-electron chi connectivity index (χ1n) is 5.61. The van der Waals surface area contributed by atoms with E-state index >= 15 is 0 Å². The van der Waals surface area contributed by atoms with Crippen LogP contribution in [0.2, 0.25) is 0 Å². The van der Waals surface area contributed by atoms with Crippen LogP contribution in [0.3, 0.4) is 0 Å². The zero-order chi connectivity index (χ0) is 8.84. The van der Waals surface area contributed by atoms with Crippen LogP contribution in [0.1, 0.15) is 32.1 Å². The molecule has 2 heteroatoms. The number of rotatable bonds is 1. The molecule has 0 aromatic heterocycles. The highest BCUT2D eigenvalue weighted by Gasteiger charge is 2.46. The maximum absolute atomic E-state index is 4.49. The Morgan fingerprint density at radius 1 is 1.00 bits per heavy atom. The topological polar surface area (TPSA) is 24.4 Å². The van der Waals surface area contributed by atoms with Gasteiger partial charge in [0.15, 0.2) is 0 Å². The van der Waals surface area contributed by atoms with Crippen LogP contribution in [0.25, 0.3) is 0 Å². The Labute approximate surface area is 79.8 Å². The highest BCUT2D eigenvalue weighted by atomic mass is 15.3. The predicted octanol–water partition coefficient (Wildman–Crippen LogP) is 2.02. The largest absolute Gasteiger partial charge is 0.313 e. The maximum Gasteiger partial charge on any atom is 0.0440 e. The normalized spacial score (nSPS) is 46.7. The van der Waals surface area contributed by atoms with Gasteiger partial charge < -0.3 is 5.43 Å². The first-order valence-corrected chi connectivity index (χ1v) is 5.61. The lowest BCUT2D eigenvalue weighted by Gasteiger charge is -2.50. The number of hydrogen-bond donors (Lipinski definition) is 1. The third-order valence-corrected chi connectivity index (χ3v) is 4.22. The quantitative estimate of drug-likeness (QED) is 0.610. The van der Waals surface area contributed by atoms with Gasteiger partial charge in [-0.05, 0) is 55.8 Å². The molecule has 13 heavy (non-hydrogen) atoms. The summed E-state index contributed by atoms with van der Waals surface area (Å²) in [6.07, 6.45) is 7.28. The Kier molecular flexibility index (Phi) is 1.64. The fourth-order valence-corrected chi connectivity index (χ4v) is 3.98. The van der Waals surface area contributed by atoms with Crippen LogP contribution in [0.4, 0.5) is 0 Å². The van der Waals surface area contributed by atoms with E-state index in [1.165, 1.54) is 37.8 Å². The smallest absolute Gasteiger partial charge is 0.0440 e. The lowest BCUT2D eigenvalue weighted by atomic mass is 9.55. The Balaban J connectivity index is 1.89. The van der Waals surface area contributed by atoms with Gasteiger partial charge in [0, 0.05) is 12.8 Å². The van der Waals surface area contributed by atoms with Crippen LogP contribution in [-0.4, -0.2) is 12.8 Å².